The number of aryl methyl sites for hydroxylation is 1. The van der Waals surface area contributed by atoms with Crippen molar-refractivity contribution in [2.45, 2.75) is 19.4 Å². The first kappa shape index (κ1) is 21.2. The van der Waals surface area contributed by atoms with E-state index in [1.807, 2.05) is 7.05 Å². The van der Waals surface area contributed by atoms with Crippen molar-refractivity contribution in [2.75, 3.05) is 53.9 Å². The molecule has 6 heteroatoms. The Labute approximate surface area is 163 Å². The molecule has 0 spiro atoms. The van der Waals surface area contributed by atoms with E-state index in [0.717, 1.165) is 45.2 Å². The molecule has 0 amide bonds. The highest BCUT2D eigenvalue weighted by Crippen LogP contribution is 2.24. The smallest absolute Gasteiger partial charge is 0.193 e. The minimum absolute atomic E-state index is 0. The maximum absolute atomic E-state index is 6.00. The minimum Gasteiger partial charge on any atom is -0.370 e. The van der Waals surface area contributed by atoms with Gasteiger partial charge in [-0.1, -0.05) is 24.3 Å². The summed E-state index contributed by atoms with van der Waals surface area (Å²) in [4.78, 5) is 8.94. The van der Waals surface area contributed by atoms with Gasteiger partial charge in [0.15, 0.2) is 5.96 Å². The summed E-state index contributed by atoms with van der Waals surface area (Å²) in [5.41, 5.74) is 2.56. The van der Waals surface area contributed by atoms with Crippen molar-refractivity contribution >= 4 is 29.9 Å². The Kier molecular flexibility index (Phi) is 9.61. The highest BCUT2D eigenvalue weighted by Gasteiger charge is 2.24. The molecule has 1 N–H and O–H groups in total. The largest absolute Gasteiger partial charge is 0.370 e. The van der Waals surface area contributed by atoms with Crippen molar-refractivity contribution in [2.24, 2.45) is 4.99 Å². The van der Waals surface area contributed by atoms with E-state index in [4.69, 9.17) is 4.74 Å². The molecule has 0 saturated carbocycles. The first-order valence-electron chi connectivity index (χ1n) is 8.39. The molecule has 1 aromatic rings. The molecule has 1 aliphatic heterocycles. The van der Waals surface area contributed by atoms with Crippen LogP contribution in [0, 0.1) is 6.92 Å². The molecular formula is C18H31IN4O. The van der Waals surface area contributed by atoms with Crippen LogP contribution in [0.2, 0.25) is 0 Å². The fourth-order valence-electron chi connectivity index (χ4n) is 2.91. The number of ether oxygens (including phenoxy) is 1. The quantitative estimate of drug-likeness (QED) is 0.327. The first-order valence-corrected chi connectivity index (χ1v) is 8.39. The summed E-state index contributed by atoms with van der Waals surface area (Å²) < 4.78 is 6.00. The van der Waals surface area contributed by atoms with Crippen LogP contribution in [-0.2, 0) is 4.74 Å². The first-order chi connectivity index (χ1) is 11.1. The standard InChI is InChI=1S/C18H30N4O.HI/c1-15-8-5-6-9-16(15)17-14-22(12-13-23-17)18(19-2)20-10-7-11-21(3)4;/h5-6,8-9,17H,7,10-14H2,1-4H3,(H,19,20);1H. The topological polar surface area (TPSA) is 40.1 Å². The van der Waals surface area contributed by atoms with Crippen LogP contribution < -0.4 is 5.32 Å². The van der Waals surface area contributed by atoms with Gasteiger partial charge >= 0.3 is 0 Å². The third kappa shape index (κ3) is 6.22. The molecule has 1 atom stereocenters. The van der Waals surface area contributed by atoms with Crippen LogP contribution in [0.5, 0.6) is 0 Å². The van der Waals surface area contributed by atoms with Gasteiger partial charge in [-0.25, -0.2) is 0 Å². The fraction of sp³-hybridized carbons (Fsp3) is 0.611. The molecule has 136 valence electrons. The van der Waals surface area contributed by atoms with Gasteiger partial charge in [-0.15, -0.1) is 24.0 Å². The maximum Gasteiger partial charge on any atom is 0.193 e. The lowest BCUT2D eigenvalue weighted by Gasteiger charge is -2.35. The van der Waals surface area contributed by atoms with E-state index in [9.17, 15) is 0 Å². The summed E-state index contributed by atoms with van der Waals surface area (Å²) in [6.07, 6.45) is 1.22. The summed E-state index contributed by atoms with van der Waals surface area (Å²) in [5, 5.41) is 3.47. The van der Waals surface area contributed by atoms with Gasteiger partial charge < -0.3 is 19.9 Å². The third-order valence-electron chi connectivity index (χ3n) is 4.18. The number of guanidine groups is 1. The Hall–Kier alpha value is -0.860. The zero-order valence-electron chi connectivity index (χ0n) is 15.3. The van der Waals surface area contributed by atoms with E-state index >= 15 is 0 Å². The van der Waals surface area contributed by atoms with E-state index in [1.54, 1.807) is 0 Å². The van der Waals surface area contributed by atoms with Crippen molar-refractivity contribution in [1.29, 1.82) is 0 Å². The molecule has 1 aromatic carbocycles. The lowest BCUT2D eigenvalue weighted by Crippen LogP contribution is -2.48. The Balaban J connectivity index is 0.00000288. The lowest BCUT2D eigenvalue weighted by molar-refractivity contribution is -0.00831. The molecule has 1 unspecified atom stereocenters. The Bertz CT molecular complexity index is 521. The van der Waals surface area contributed by atoms with Gasteiger partial charge in [0.1, 0.15) is 6.10 Å². The van der Waals surface area contributed by atoms with Crippen molar-refractivity contribution in [3.8, 4) is 0 Å². The van der Waals surface area contributed by atoms with Crippen LogP contribution in [0.3, 0.4) is 0 Å². The number of hydrogen-bond acceptors (Lipinski definition) is 3. The van der Waals surface area contributed by atoms with E-state index < -0.39 is 0 Å². The summed E-state index contributed by atoms with van der Waals surface area (Å²) in [7, 11) is 6.06. The Morgan fingerprint density at radius 1 is 1.38 bits per heavy atom. The number of hydrogen-bond donors (Lipinski definition) is 1. The Morgan fingerprint density at radius 2 is 2.12 bits per heavy atom. The second-order valence-corrected chi connectivity index (χ2v) is 6.29. The Morgan fingerprint density at radius 3 is 2.79 bits per heavy atom. The van der Waals surface area contributed by atoms with Crippen LogP contribution in [0.25, 0.3) is 0 Å². The van der Waals surface area contributed by atoms with E-state index in [-0.39, 0.29) is 30.1 Å². The monoisotopic (exact) mass is 446 g/mol. The zero-order chi connectivity index (χ0) is 16.7. The van der Waals surface area contributed by atoms with Crippen LogP contribution in [0.15, 0.2) is 29.3 Å². The third-order valence-corrected chi connectivity index (χ3v) is 4.18. The number of halogens is 1. The minimum atomic E-state index is 0. The van der Waals surface area contributed by atoms with E-state index in [2.05, 4.69) is 65.4 Å². The molecule has 24 heavy (non-hydrogen) atoms. The number of nitrogens with zero attached hydrogens (tertiary/aromatic N) is 3. The van der Waals surface area contributed by atoms with Crippen molar-refractivity contribution < 1.29 is 4.74 Å². The molecule has 1 heterocycles. The van der Waals surface area contributed by atoms with Gasteiger partial charge in [0.2, 0.25) is 0 Å². The van der Waals surface area contributed by atoms with Gasteiger partial charge in [-0.05, 0) is 45.1 Å². The van der Waals surface area contributed by atoms with Crippen molar-refractivity contribution in [3.05, 3.63) is 35.4 Å². The molecule has 1 aliphatic rings. The summed E-state index contributed by atoms with van der Waals surface area (Å²) in [6.45, 7) is 6.63. The predicted octanol–water partition coefficient (Wildman–Crippen LogP) is 2.51. The number of morpholine rings is 1. The average molecular weight is 446 g/mol. The summed E-state index contributed by atoms with van der Waals surface area (Å²) in [5.74, 6) is 0.977. The summed E-state index contributed by atoms with van der Waals surface area (Å²) in [6, 6.07) is 8.46. The molecule has 2 rings (SSSR count). The predicted molar refractivity (Wildman–Crippen MR) is 111 cm³/mol. The van der Waals surface area contributed by atoms with Crippen molar-refractivity contribution in [3.63, 3.8) is 0 Å². The fourth-order valence-corrected chi connectivity index (χ4v) is 2.91. The number of nitrogens with one attached hydrogen (secondary N) is 1. The summed E-state index contributed by atoms with van der Waals surface area (Å²) >= 11 is 0. The van der Waals surface area contributed by atoms with Gasteiger partial charge in [-0.2, -0.15) is 0 Å². The molecule has 5 nitrogen and oxygen atoms in total. The molecular weight excluding hydrogens is 415 g/mol. The van der Waals surface area contributed by atoms with E-state index in [1.165, 1.54) is 11.1 Å². The number of aliphatic imine (C=N–C) groups is 1. The normalized spacial score (nSPS) is 18.5. The molecule has 0 bridgehead atoms. The van der Waals surface area contributed by atoms with Gasteiger partial charge in [-0.3, -0.25) is 4.99 Å². The molecule has 1 fully saturated rings. The average Bonchev–Trinajstić information content (AvgIpc) is 2.55. The SMILES string of the molecule is CN=C(NCCCN(C)C)N1CCOC(c2ccccc2C)C1.I. The second kappa shape index (κ2) is 10.9. The zero-order valence-corrected chi connectivity index (χ0v) is 17.6. The van der Waals surface area contributed by atoms with Crippen molar-refractivity contribution in [1.82, 2.24) is 15.1 Å². The van der Waals surface area contributed by atoms with Crippen LogP contribution in [0.4, 0.5) is 0 Å². The van der Waals surface area contributed by atoms with Gasteiger partial charge in [0.05, 0.1) is 13.2 Å². The molecule has 0 aliphatic carbocycles. The van der Waals surface area contributed by atoms with Crippen LogP contribution in [-0.4, -0.2) is 69.7 Å². The molecule has 1 saturated heterocycles. The number of rotatable bonds is 5. The lowest BCUT2D eigenvalue weighted by atomic mass is 10.0. The number of benzene rings is 1. The van der Waals surface area contributed by atoms with E-state index in [0.29, 0.717) is 0 Å². The van der Waals surface area contributed by atoms with Crippen LogP contribution in [0.1, 0.15) is 23.7 Å². The highest BCUT2D eigenvalue weighted by molar-refractivity contribution is 14.0. The van der Waals surface area contributed by atoms with Crippen LogP contribution >= 0.6 is 24.0 Å². The van der Waals surface area contributed by atoms with Gasteiger partial charge in [0.25, 0.3) is 0 Å². The molecule has 0 aromatic heterocycles. The molecule has 0 radical (unpaired) electrons. The maximum atomic E-state index is 6.00. The van der Waals surface area contributed by atoms with Gasteiger partial charge in [0, 0.05) is 20.1 Å². The second-order valence-electron chi connectivity index (χ2n) is 6.29. The highest BCUT2D eigenvalue weighted by atomic mass is 127.